The summed E-state index contributed by atoms with van der Waals surface area (Å²) >= 11 is 3.28. The Morgan fingerprint density at radius 2 is 2.05 bits per heavy atom. The Labute approximate surface area is 131 Å². The lowest BCUT2D eigenvalue weighted by molar-refractivity contribution is -0.132. The van der Waals surface area contributed by atoms with Gasteiger partial charge < -0.3 is 9.64 Å². The Morgan fingerprint density at radius 1 is 1.29 bits per heavy atom. The van der Waals surface area contributed by atoms with E-state index in [4.69, 9.17) is 4.74 Å². The average Bonchev–Trinajstić information content (AvgIpc) is 2.51. The number of halogens is 1. The lowest BCUT2D eigenvalue weighted by atomic mass is 10.1. The lowest BCUT2D eigenvalue weighted by Crippen LogP contribution is -2.48. The molecule has 1 saturated heterocycles. The zero-order valence-corrected chi connectivity index (χ0v) is 13.1. The third-order valence-electron chi connectivity index (χ3n) is 3.72. The summed E-state index contributed by atoms with van der Waals surface area (Å²) < 4.78 is 5.96. The molecule has 7 heteroatoms. The van der Waals surface area contributed by atoms with Gasteiger partial charge in [0, 0.05) is 13.1 Å². The van der Waals surface area contributed by atoms with Gasteiger partial charge >= 0.3 is 0 Å². The Hall–Kier alpha value is -1.63. The summed E-state index contributed by atoms with van der Waals surface area (Å²) in [6.07, 6.45) is 3.23. The largest absolute Gasteiger partial charge is 0.480 e. The number of nitrogens with zero attached hydrogens (tertiary/aromatic N) is 3. The standard InChI is InChI=1S/C14H16BrN3O3/c15-11-5-4-10-14(16-11)18(13(20)9-21-10)8-12(19)17-6-2-1-3-7-17/h4-5H,1-3,6-9H2. The molecule has 2 aliphatic rings. The number of anilines is 1. The van der Waals surface area contributed by atoms with Gasteiger partial charge in [-0.25, -0.2) is 4.98 Å². The molecule has 0 spiro atoms. The summed E-state index contributed by atoms with van der Waals surface area (Å²) in [7, 11) is 0. The van der Waals surface area contributed by atoms with Crippen LogP contribution in [-0.2, 0) is 9.59 Å². The molecule has 0 aromatic carbocycles. The first kappa shape index (κ1) is 14.3. The van der Waals surface area contributed by atoms with Crippen LogP contribution in [0.5, 0.6) is 5.75 Å². The van der Waals surface area contributed by atoms with Gasteiger partial charge in [-0.2, -0.15) is 0 Å². The smallest absolute Gasteiger partial charge is 0.266 e. The van der Waals surface area contributed by atoms with Crippen molar-refractivity contribution in [3.63, 3.8) is 0 Å². The van der Waals surface area contributed by atoms with Crippen molar-refractivity contribution in [3.8, 4) is 5.75 Å². The normalized spacial score (nSPS) is 18.2. The molecule has 3 rings (SSSR count). The molecule has 0 atom stereocenters. The van der Waals surface area contributed by atoms with Crippen molar-refractivity contribution in [2.75, 3.05) is 31.1 Å². The minimum Gasteiger partial charge on any atom is -0.480 e. The number of hydrogen-bond donors (Lipinski definition) is 0. The number of pyridine rings is 1. The molecule has 6 nitrogen and oxygen atoms in total. The summed E-state index contributed by atoms with van der Waals surface area (Å²) in [5, 5.41) is 0. The molecule has 0 radical (unpaired) electrons. The van der Waals surface area contributed by atoms with E-state index in [-0.39, 0.29) is 25.0 Å². The molecule has 1 fully saturated rings. The second-order valence-corrected chi connectivity index (χ2v) is 5.98. The van der Waals surface area contributed by atoms with E-state index in [1.54, 1.807) is 12.1 Å². The highest BCUT2D eigenvalue weighted by Crippen LogP contribution is 2.31. The van der Waals surface area contributed by atoms with Gasteiger partial charge in [-0.3, -0.25) is 14.5 Å². The van der Waals surface area contributed by atoms with E-state index < -0.39 is 0 Å². The van der Waals surface area contributed by atoms with Crippen molar-refractivity contribution >= 4 is 33.6 Å². The van der Waals surface area contributed by atoms with Crippen LogP contribution in [0.1, 0.15) is 19.3 Å². The Kier molecular flexibility index (Phi) is 4.10. The van der Waals surface area contributed by atoms with Crippen LogP contribution in [0.25, 0.3) is 0 Å². The number of hydrogen-bond acceptors (Lipinski definition) is 4. The van der Waals surface area contributed by atoms with Crippen LogP contribution in [0.15, 0.2) is 16.7 Å². The van der Waals surface area contributed by atoms with Crippen LogP contribution in [0.3, 0.4) is 0 Å². The highest BCUT2D eigenvalue weighted by molar-refractivity contribution is 9.10. The van der Waals surface area contributed by atoms with Gasteiger partial charge in [0.1, 0.15) is 11.1 Å². The van der Waals surface area contributed by atoms with Crippen LogP contribution in [-0.4, -0.2) is 47.9 Å². The number of aromatic nitrogens is 1. The molecule has 0 N–H and O–H groups in total. The van der Waals surface area contributed by atoms with Crippen molar-refractivity contribution in [2.45, 2.75) is 19.3 Å². The molecular weight excluding hydrogens is 338 g/mol. The van der Waals surface area contributed by atoms with Gasteiger partial charge in [-0.05, 0) is 47.3 Å². The number of amides is 2. The third kappa shape index (κ3) is 3.02. The second kappa shape index (κ2) is 6.01. The molecule has 0 unspecified atom stereocenters. The van der Waals surface area contributed by atoms with E-state index in [0.29, 0.717) is 16.2 Å². The molecule has 0 saturated carbocycles. The van der Waals surface area contributed by atoms with E-state index in [0.717, 1.165) is 32.4 Å². The van der Waals surface area contributed by atoms with E-state index in [9.17, 15) is 9.59 Å². The van der Waals surface area contributed by atoms with Crippen LogP contribution in [0, 0.1) is 0 Å². The zero-order chi connectivity index (χ0) is 14.8. The van der Waals surface area contributed by atoms with Crippen LogP contribution >= 0.6 is 15.9 Å². The molecule has 0 bridgehead atoms. The maximum Gasteiger partial charge on any atom is 0.266 e. The molecule has 112 valence electrons. The van der Waals surface area contributed by atoms with Gasteiger partial charge in [0.05, 0.1) is 0 Å². The van der Waals surface area contributed by atoms with Crippen molar-refractivity contribution in [1.29, 1.82) is 0 Å². The molecule has 1 aromatic heterocycles. The first-order chi connectivity index (χ1) is 10.1. The predicted octanol–water partition coefficient (Wildman–Crippen LogP) is 1.58. The summed E-state index contributed by atoms with van der Waals surface area (Å²) in [5.41, 5.74) is 0. The molecule has 2 aliphatic heterocycles. The molecule has 2 amide bonds. The fraction of sp³-hybridized carbons (Fsp3) is 0.500. The second-order valence-electron chi connectivity index (χ2n) is 5.17. The SMILES string of the molecule is O=C(CN1C(=O)COc2ccc(Br)nc21)N1CCCCC1. The fourth-order valence-corrected chi connectivity index (χ4v) is 2.90. The minimum atomic E-state index is -0.238. The molecule has 1 aromatic rings. The Balaban J connectivity index is 1.79. The number of rotatable bonds is 2. The first-order valence-electron chi connectivity index (χ1n) is 7.02. The minimum absolute atomic E-state index is 0.0264. The molecular formula is C14H16BrN3O3. The van der Waals surface area contributed by atoms with Crippen molar-refractivity contribution < 1.29 is 14.3 Å². The lowest BCUT2D eigenvalue weighted by Gasteiger charge is -2.32. The van der Waals surface area contributed by atoms with Crippen molar-refractivity contribution in [1.82, 2.24) is 9.88 Å². The van der Waals surface area contributed by atoms with Crippen LogP contribution in [0.2, 0.25) is 0 Å². The number of likely N-dealkylation sites (tertiary alicyclic amines) is 1. The van der Waals surface area contributed by atoms with Crippen LogP contribution in [0.4, 0.5) is 5.82 Å². The van der Waals surface area contributed by atoms with Gasteiger partial charge in [0.25, 0.3) is 5.91 Å². The summed E-state index contributed by atoms with van der Waals surface area (Å²) in [4.78, 5) is 31.9. The summed E-state index contributed by atoms with van der Waals surface area (Å²) in [6, 6.07) is 3.50. The first-order valence-corrected chi connectivity index (χ1v) is 7.82. The Morgan fingerprint density at radius 3 is 2.81 bits per heavy atom. The van der Waals surface area contributed by atoms with E-state index in [1.807, 2.05) is 4.90 Å². The molecule has 3 heterocycles. The van der Waals surface area contributed by atoms with Gasteiger partial charge in [0.15, 0.2) is 18.2 Å². The summed E-state index contributed by atoms with van der Waals surface area (Å²) in [6.45, 7) is 1.52. The number of ether oxygens (including phenoxy) is 1. The molecule has 0 aliphatic carbocycles. The highest BCUT2D eigenvalue weighted by Gasteiger charge is 2.30. The van der Waals surface area contributed by atoms with Gasteiger partial charge in [-0.1, -0.05) is 0 Å². The summed E-state index contributed by atoms with van der Waals surface area (Å²) in [5.74, 6) is 0.673. The number of piperidine rings is 1. The average molecular weight is 354 g/mol. The number of carbonyl (C=O) groups is 2. The molecule has 21 heavy (non-hydrogen) atoms. The van der Waals surface area contributed by atoms with Gasteiger partial charge in [-0.15, -0.1) is 0 Å². The Bertz CT molecular complexity index is 573. The monoisotopic (exact) mass is 353 g/mol. The fourth-order valence-electron chi connectivity index (χ4n) is 2.60. The van der Waals surface area contributed by atoms with Crippen molar-refractivity contribution in [3.05, 3.63) is 16.7 Å². The maximum atomic E-state index is 12.4. The zero-order valence-electron chi connectivity index (χ0n) is 11.5. The quantitative estimate of drug-likeness (QED) is 0.757. The van der Waals surface area contributed by atoms with E-state index >= 15 is 0 Å². The van der Waals surface area contributed by atoms with Crippen LogP contribution < -0.4 is 9.64 Å². The van der Waals surface area contributed by atoms with E-state index in [2.05, 4.69) is 20.9 Å². The van der Waals surface area contributed by atoms with E-state index in [1.165, 1.54) is 4.90 Å². The number of carbonyl (C=O) groups excluding carboxylic acids is 2. The third-order valence-corrected chi connectivity index (χ3v) is 4.16. The van der Waals surface area contributed by atoms with Gasteiger partial charge in [0.2, 0.25) is 5.91 Å². The number of fused-ring (bicyclic) bond motifs is 1. The predicted molar refractivity (Wildman–Crippen MR) is 80.2 cm³/mol. The topological polar surface area (TPSA) is 62.7 Å². The maximum absolute atomic E-state index is 12.4. The highest BCUT2D eigenvalue weighted by atomic mass is 79.9. The van der Waals surface area contributed by atoms with Crippen molar-refractivity contribution in [2.24, 2.45) is 0 Å².